The Balaban J connectivity index is 1.62. The fourth-order valence-electron chi connectivity index (χ4n) is 2.45. The van der Waals surface area contributed by atoms with Gasteiger partial charge < -0.3 is 20.1 Å². The molecule has 1 fully saturated rings. The van der Waals surface area contributed by atoms with E-state index in [0.29, 0.717) is 29.5 Å². The summed E-state index contributed by atoms with van der Waals surface area (Å²) >= 11 is 0. The first kappa shape index (κ1) is 16.8. The summed E-state index contributed by atoms with van der Waals surface area (Å²) in [5.41, 5.74) is 1.11. The van der Waals surface area contributed by atoms with E-state index in [1.165, 1.54) is 7.11 Å². The van der Waals surface area contributed by atoms with Crippen LogP contribution in [0.4, 0.5) is 17.3 Å². The minimum Gasteiger partial charge on any atom is -0.465 e. The molecule has 2 N–H and O–H groups in total. The molecule has 1 aliphatic heterocycles. The molecule has 1 aromatic carbocycles. The van der Waals surface area contributed by atoms with Gasteiger partial charge in [-0.3, -0.25) is 4.79 Å². The number of ether oxygens (including phenoxy) is 2. The molecular formula is C17H18N4O4. The van der Waals surface area contributed by atoms with Crippen LogP contribution in [0.1, 0.15) is 23.2 Å². The molecule has 130 valence electrons. The van der Waals surface area contributed by atoms with Crippen LogP contribution in [0.2, 0.25) is 0 Å². The average molecular weight is 342 g/mol. The highest BCUT2D eigenvalue weighted by Gasteiger charge is 2.23. The van der Waals surface area contributed by atoms with Crippen molar-refractivity contribution >= 4 is 29.2 Å². The Hall–Kier alpha value is -3.00. The van der Waals surface area contributed by atoms with Crippen LogP contribution in [0.3, 0.4) is 0 Å². The Bertz CT molecular complexity index is 757. The SMILES string of the molecule is COC(=O)c1cccc(Nc2ccc(NC(=O)C3CCCO3)nn2)c1. The summed E-state index contributed by atoms with van der Waals surface area (Å²) < 4.78 is 10.0. The maximum Gasteiger partial charge on any atom is 0.337 e. The van der Waals surface area contributed by atoms with Crippen molar-refractivity contribution in [3.63, 3.8) is 0 Å². The van der Waals surface area contributed by atoms with Gasteiger partial charge in [0, 0.05) is 12.3 Å². The van der Waals surface area contributed by atoms with Crippen molar-refractivity contribution in [1.29, 1.82) is 0 Å². The lowest BCUT2D eigenvalue weighted by atomic mass is 10.2. The maximum absolute atomic E-state index is 12.0. The number of carbonyl (C=O) groups excluding carboxylic acids is 2. The topological polar surface area (TPSA) is 102 Å². The number of hydrogen-bond acceptors (Lipinski definition) is 7. The van der Waals surface area contributed by atoms with E-state index in [1.54, 1.807) is 36.4 Å². The van der Waals surface area contributed by atoms with Crippen molar-refractivity contribution in [3.8, 4) is 0 Å². The van der Waals surface area contributed by atoms with Crippen molar-refractivity contribution < 1.29 is 19.1 Å². The van der Waals surface area contributed by atoms with Crippen LogP contribution in [0.15, 0.2) is 36.4 Å². The third-order valence-electron chi connectivity index (χ3n) is 3.69. The molecule has 8 nitrogen and oxygen atoms in total. The smallest absolute Gasteiger partial charge is 0.337 e. The highest BCUT2D eigenvalue weighted by Crippen LogP contribution is 2.18. The summed E-state index contributed by atoms with van der Waals surface area (Å²) in [6.45, 7) is 0.608. The molecule has 1 saturated heterocycles. The lowest BCUT2D eigenvalue weighted by molar-refractivity contribution is -0.124. The molecule has 2 heterocycles. The number of carbonyl (C=O) groups is 2. The van der Waals surface area contributed by atoms with Crippen molar-refractivity contribution in [2.24, 2.45) is 0 Å². The zero-order chi connectivity index (χ0) is 17.6. The molecule has 1 aromatic heterocycles. The molecule has 0 bridgehead atoms. The molecule has 2 aromatic rings. The van der Waals surface area contributed by atoms with Crippen LogP contribution >= 0.6 is 0 Å². The van der Waals surface area contributed by atoms with E-state index in [-0.39, 0.29) is 5.91 Å². The molecule has 3 rings (SSSR count). The molecule has 1 unspecified atom stereocenters. The first-order valence-electron chi connectivity index (χ1n) is 7.87. The van der Waals surface area contributed by atoms with Crippen molar-refractivity contribution in [2.45, 2.75) is 18.9 Å². The average Bonchev–Trinajstić information content (AvgIpc) is 3.18. The molecule has 8 heteroatoms. The Morgan fingerprint density at radius 1 is 1.20 bits per heavy atom. The predicted octanol–water partition coefficient (Wildman–Crippen LogP) is 2.12. The second kappa shape index (κ2) is 7.71. The number of esters is 1. The molecule has 0 radical (unpaired) electrons. The Morgan fingerprint density at radius 2 is 2.00 bits per heavy atom. The van der Waals surface area contributed by atoms with E-state index in [4.69, 9.17) is 9.47 Å². The molecule has 0 spiro atoms. The van der Waals surface area contributed by atoms with Gasteiger partial charge in [0.25, 0.3) is 5.91 Å². The molecule has 1 aliphatic rings. The molecule has 1 amide bonds. The van der Waals surface area contributed by atoms with Crippen LogP contribution in [0, 0.1) is 0 Å². The van der Waals surface area contributed by atoms with E-state index < -0.39 is 12.1 Å². The molecule has 0 aliphatic carbocycles. The number of anilines is 3. The standard InChI is InChI=1S/C17H18N4O4/c1-24-17(23)11-4-2-5-12(10-11)18-14-7-8-15(21-20-14)19-16(22)13-6-3-9-25-13/h2,4-5,7-8,10,13H,3,6,9H2,1H3,(H,18,20)(H,19,21,22). The van der Waals surface area contributed by atoms with E-state index in [1.807, 2.05) is 0 Å². The van der Waals surface area contributed by atoms with Gasteiger partial charge >= 0.3 is 5.97 Å². The van der Waals surface area contributed by atoms with Crippen molar-refractivity contribution in [3.05, 3.63) is 42.0 Å². The first-order valence-corrected chi connectivity index (χ1v) is 7.87. The second-order valence-corrected chi connectivity index (χ2v) is 5.49. The largest absolute Gasteiger partial charge is 0.465 e. The number of methoxy groups -OCH3 is 1. The monoisotopic (exact) mass is 342 g/mol. The highest BCUT2D eigenvalue weighted by molar-refractivity contribution is 5.93. The van der Waals surface area contributed by atoms with Crippen LogP contribution in [0.25, 0.3) is 0 Å². The summed E-state index contributed by atoms with van der Waals surface area (Å²) in [6.07, 6.45) is 1.19. The van der Waals surface area contributed by atoms with Gasteiger partial charge in [-0.2, -0.15) is 0 Å². The van der Waals surface area contributed by atoms with Gasteiger partial charge in [-0.1, -0.05) is 6.07 Å². The zero-order valence-electron chi connectivity index (χ0n) is 13.7. The second-order valence-electron chi connectivity index (χ2n) is 5.49. The fourth-order valence-corrected chi connectivity index (χ4v) is 2.45. The van der Waals surface area contributed by atoms with Gasteiger partial charge in [-0.25, -0.2) is 4.79 Å². The number of benzene rings is 1. The Morgan fingerprint density at radius 3 is 2.68 bits per heavy atom. The molecule has 0 saturated carbocycles. The number of amides is 1. The van der Waals surface area contributed by atoms with Crippen LogP contribution in [-0.4, -0.2) is 41.9 Å². The van der Waals surface area contributed by atoms with E-state index in [0.717, 1.165) is 12.8 Å². The minimum absolute atomic E-state index is 0.210. The summed E-state index contributed by atoms with van der Waals surface area (Å²) in [6, 6.07) is 10.2. The van der Waals surface area contributed by atoms with Crippen LogP contribution < -0.4 is 10.6 Å². The lowest BCUT2D eigenvalue weighted by Gasteiger charge is -2.10. The van der Waals surface area contributed by atoms with Gasteiger partial charge in [0.15, 0.2) is 11.6 Å². The first-order chi connectivity index (χ1) is 12.2. The molecular weight excluding hydrogens is 324 g/mol. The van der Waals surface area contributed by atoms with Gasteiger partial charge in [0.2, 0.25) is 0 Å². The molecule has 25 heavy (non-hydrogen) atoms. The van der Waals surface area contributed by atoms with Gasteiger partial charge in [-0.15, -0.1) is 10.2 Å². The summed E-state index contributed by atoms with van der Waals surface area (Å²) in [7, 11) is 1.33. The van der Waals surface area contributed by atoms with Crippen LogP contribution in [-0.2, 0) is 14.3 Å². The number of nitrogens with zero attached hydrogens (tertiary/aromatic N) is 2. The van der Waals surface area contributed by atoms with Crippen LogP contribution in [0.5, 0.6) is 0 Å². The Labute approximate surface area is 144 Å². The lowest BCUT2D eigenvalue weighted by Crippen LogP contribution is -2.27. The van der Waals surface area contributed by atoms with Gasteiger partial charge in [-0.05, 0) is 43.2 Å². The van der Waals surface area contributed by atoms with Gasteiger partial charge in [0.05, 0.1) is 12.7 Å². The van der Waals surface area contributed by atoms with Gasteiger partial charge in [0.1, 0.15) is 6.10 Å². The number of rotatable bonds is 5. The predicted molar refractivity (Wildman–Crippen MR) is 90.7 cm³/mol. The summed E-state index contributed by atoms with van der Waals surface area (Å²) in [5.74, 6) is 0.215. The minimum atomic E-state index is -0.416. The third-order valence-corrected chi connectivity index (χ3v) is 3.69. The zero-order valence-corrected chi connectivity index (χ0v) is 13.7. The van der Waals surface area contributed by atoms with Crippen molar-refractivity contribution in [1.82, 2.24) is 10.2 Å². The number of aromatic nitrogens is 2. The number of hydrogen-bond donors (Lipinski definition) is 2. The maximum atomic E-state index is 12.0. The number of nitrogens with one attached hydrogen (secondary N) is 2. The van der Waals surface area contributed by atoms with E-state index in [9.17, 15) is 9.59 Å². The summed E-state index contributed by atoms with van der Waals surface area (Å²) in [4.78, 5) is 23.5. The van der Waals surface area contributed by atoms with E-state index in [2.05, 4.69) is 20.8 Å². The quantitative estimate of drug-likeness (QED) is 0.802. The highest BCUT2D eigenvalue weighted by atomic mass is 16.5. The normalized spacial score (nSPS) is 16.3. The fraction of sp³-hybridized carbons (Fsp3) is 0.294. The third kappa shape index (κ3) is 4.30. The van der Waals surface area contributed by atoms with Crippen molar-refractivity contribution in [2.75, 3.05) is 24.4 Å². The molecule has 1 atom stereocenters. The summed E-state index contributed by atoms with van der Waals surface area (Å²) in [5, 5.41) is 13.7. The van der Waals surface area contributed by atoms with E-state index >= 15 is 0 Å². The Kier molecular flexibility index (Phi) is 5.20.